The van der Waals surface area contributed by atoms with Crippen LogP contribution in [-0.2, 0) is 0 Å². The lowest BCUT2D eigenvalue weighted by Crippen LogP contribution is -2.04. The fourth-order valence-corrected chi connectivity index (χ4v) is 6.35. The van der Waals surface area contributed by atoms with Gasteiger partial charge in [-0.1, -0.05) is 216 Å². The monoisotopic (exact) mass is 563 g/mol. The Kier molecular flexibility index (Phi) is 24.4. The molecule has 0 aliphatic carbocycles. The average Bonchev–Trinajstić information content (AvgIpc) is 2.83. The van der Waals surface area contributed by atoms with Crippen molar-refractivity contribution in [1.82, 2.24) is 0 Å². The molecule has 0 fully saturated rings. The Bertz CT molecular complexity index is 432. The first kappa shape index (κ1) is 40.0. The van der Waals surface area contributed by atoms with Crippen molar-refractivity contribution in [3.8, 4) is 0 Å². The third kappa shape index (κ3) is 34.2. The molecule has 0 aliphatic heterocycles. The van der Waals surface area contributed by atoms with Crippen LogP contribution in [0.4, 0.5) is 0 Å². The molecule has 0 saturated carbocycles. The maximum absolute atomic E-state index is 2.38. The minimum Gasteiger partial charge on any atom is -0.0602 e. The summed E-state index contributed by atoms with van der Waals surface area (Å²) in [5.74, 6) is 1.02. The van der Waals surface area contributed by atoms with Crippen LogP contribution in [0.1, 0.15) is 236 Å². The summed E-state index contributed by atoms with van der Waals surface area (Å²) in [5.41, 5.74) is 1.56. The van der Waals surface area contributed by atoms with Gasteiger partial charge in [-0.15, -0.1) is 0 Å². The van der Waals surface area contributed by atoms with Gasteiger partial charge in [0.05, 0.1) is 0 Å². The van der Waals surface area contributed by atoms with Crippen molar-refractivity contribution in [1.29, 1.82) is 0 Å². The molecule has 0 amide bonds. The molecule has 0 aromatic heterocycles. The molecule has 0 radical (unpaired) electrons. The summed E-state index contributed by atoms with van der Waals surface area (Å²) >= 11 is 0. The van der Waals surface area contributed by atoms with E-state index in [9.17, 15) is 0 Å². The van der Waals surface area contributed by atoms with Gasteiger partial charge in [0.2, 0.25) is 0 Å². The van der Waals surface area contributed by atoms with Crippen LogP contribution in [0.2, 0.25) is 0 Å². The standard InChI is InChI=1S/C40H82/c1-38(2,3)34-28-22-16-10-13-19-25-31-37(32-26-20-14-11-17-23-29-35-39(4,5)6)33-27-21-15-12-18-24-30-36-40(7,8)9/h37H,10-36H2,1-9H3. The second kappa shape index (κ2) is 24.4. The van der Waals surface area contributed by atoms with E-state index < -0.39 is 0 Å². The van der Waals surface area contributed by atoms with Crippen LogP contribution in [0.25, 0.3) is 0 Å². The van der Waals surface area contributed by atoms with E-state index >= 15 is 0 Å². The summed E-state index contributed by atoms with van der Waals surface area (Å²) in [7, 11) is 0. The van der Waals surface area contributed by atoms with Crippen LogP contribution in [0, 0.1) is 22.2 Å². The highest BCUT2D eigenvalue weighted by atomic mass is 14.2. The lowest BCUT2D eigenvalue weighted by molar-refractivity contribution is 0.351. The van der Waals surface area contributed by atoms with Crippen LogP contribution < -0.4 is 0 Å². The molecule has 0 aromatic carbocycles. The van der Waals surface area contributed by atoms with Gasteiger partial charge in [0.25, 0.3) is 0 Å². The Morgan fingerprint density at radius 1 is 0.250 bits per heavy atom. The second-order valence-corrected chi connectivity index (χ2v) is 17.6. The summed E-state index contributed by atoms with van der Waals surface area (Å²) in [6.07, 6.45) is 39.6. The molecule has 0 heteroatoms. The van der Waals surface area contributed by atoms with Crippen molar-refractivity contribution < 1.29 is 0 Å². The highest BCUT2D eigenvalue weighted by molar-refractivity contribution is 4.65. The predicted molar refractivity (Wildman–Crippen MR) is 187 cm³/mol. The minimum atomic E-state index is 0.521. The van der Waals surface area contributed by atoms with E-state index in [1.165, 1.54) is 173 Å². The third-order valence-electron chi connectivity index (χ3n) is 9.12. The van der Waals surface area contributed by atoms with Gasteiger partial charge in [0.15, 0.2) is 0 Å². The summed E-state index contributed by atoms with van der Waals surface area (Å²) < 4.78 is 0. The van der Waals surface area contributed by atoms with Crippen molar-refractivity contribution in [2.75, 3.05) is 0 Å². The quantitative estimate of drug-likeness (QED) is 0.0873. The van der Waals surface area contributed by atoms with E-state index in [2.05, 4.69) is 62.3 Å². The van der Waals surface area contributed by atoms with Crippen molar-refractivity contribution in [2.24, 2.45) is 22.2 Å². The van der Waals surface area contributed by atoms with E-state index in [0.717, 1.165) is 5.92 Å². The molecule has 0 rings (SSSR count). The molecule has 0 atom stereocenters. The van der Waals surface area contributed by atoms with Crippen LogP contribution in [-0.4, -0.2) is 0 Å². The number of rotatable bonds is 27. The molecule has 0 spiro atoms. The lowest BCUT2D eigenvalue weighted by Gasteiger charge is -2.18. The first-order valence-corrected chi connectivity index (χ1v) is 18.8. The molecule has 0 N–H and O–H groups in total. The Morgan fingerprint density at radius 2 is 0.425 bits per heavy atom. The van der Waals surface area contributed by atoms with Gasteiger partial charge in [-0.05, 0) is 41.4 Å². The molecule has 0 heterocycles. The SMILES string of the molecule is CC(C)(C)CCCCCCCCCC(CCCCCCCCCC(C)(C)C)CCCCCCCCCC(C)(C)C. The van der Waals surface area contributed by atoms with Gasteiger partial charge in [-0.25, -0.2) is 0 Å². The molecular weight excluding hydrogens is 480 g/mol. The van der Waals surface area contributed by atoms with Crippen molar-refractivity contribution >= 4 is 0 Å². The van der Waals surface area contributed by atoms with E-state index in [4.69, 9.17) is 0 Å². The largest absolute Gasteiger partial charge is 0.0602 e. The van der Waals surface area contributed by atoms with Gasteiger partial charge < -0.3 is 0 Å². The average molecular weight is 563 g/mol. The maximum Gasteiger partial charge on any atom is -0.0383 e. The van der Waals surface area contributed by atoms with Crippen molar-refractivity contribution in [3.63, 3.8) is 0 Å². The van der Waals surface area contributed by atoms with Crippen molar-refractivity contribution in [3.05, 3.63) is 0 Å². The fourth-order valence-electron chi connectivity index (χ4n) is 6.35. The summed E-state index contributed by atoms with van der Waals surface area (Å²) in [6.45, 7) is 21.4. The molecule has 242 valence electrons. The second-order valence-electron chi connectivity index (χ2n) is 17.6. The molecule has 0 nitrogen and oxygen atoms in total. The lowest BCUT2D eigenvalue weighted by atomic mass is 9.88. The molecule has 0 aromatic rings. The minimum absolute atomic E-state index is 0.521. The van der Waals surface area contributed by atoms with E-state index in [-0.39, 0.29) is 0 Å². The molecule has 40 heavy (non-hydrogen) atoms. The first-order valence-electron chi connectivity index (χ1n) is 18.8. The van der Waals surface area contributed by atoms with Crippen LogP contribution in [0.15, 0.2) is 0 Å². The van der Waals surface area contributed by atoms with Crippen LogP contribution in [0.3, 0.4) is 0 Å². The first-order chi connectivity index (χ1) is 18.8. The third-order valence-corrected chi connectivity index (χ3v) is 9.12. The molecule has 0 aliphatic rings. The summed E-state index contributed by atoms with van der Waals surface area (Å²) in [4.78, 5) is 0. The van der Waals surface area contributed by atoms with Gasteiger partial charge >= 0.3 is 0 Å². The Balaban J connectivity index is 4.02. The van der Waals surface area contributed by atoms with Crippen LogP contribution >= 0.6 is 0 Å². The highest BCUT2D eigenvalue weighted by Gasteiger charge is 2.11. The van der Waals surface area contributed by atoms with Crippen LogP contribution in [0.5, 0.6) is 0 Å². The summed E-state index contributed by atoms with van der Waals surface area (Å²) in [5, 5.41) is 0. The Morgan fingerprint density at radius 3 is 0.625 bits per heavy atom. The van der Waals surface area contributed by atoms with E-state index in [1.807, 2.05) is 0 Å². The van der Waals surface area contributed by atoms with Gasteiger partial charge in [-0.3, -0.25) is 0 Å². The molecule has 0 bridgehead atoms. The van der Waals surface area contributed by atoms with Gasteiger partial charge in [-0.2, -0.15) is 0 Å². The normalized spacial score (nSPS) is 13.1. The maximum atomic E-state index is 2.38. The Labute approximate surface area is 257 Å². The fraction of sp³-hybridized carbons (Fsp3) is 1.00. The van der Waals surface area contributed by atoms with Gasteiger partial charge in [0, 0.05) is 0 Å². The van der Waals surface area contributed by atoms with Gasteiger partial charge in [0.1, 0.15) is 0 Å². The topological polar surface area (TPSA) is 0 Å². The number of hydrogen-bond donors (Lipinski definition) is 0. The number of unbranched alkanes of at least 4 members (excludes halogenated alkanes) is 18. The molecular formula is C40H82. The highest BCUT2D eigenvalue weighted by Crippen LogP contribution is 2.27. The van der Waals surface area contributed by atoms with Crippen molar-refractivity contribution in [2.45, 2.75) is 236 Å². The number of hydrogen-bond acceptors (Lipinski definition) is 0. The molecule has 0 saturated heterocycles. The van der Waals surface area contributed by atoms with E-state index in [0.29, 0.717) is 16.2 Å². The Hall–Kier alpha value is 0. The zero-order chi connectivity index (χ0) is 30.2. The zero-order valence-electron chi connectivity index (χ0n) is 30.2. The predicted octanol–water partition coefficient (Wildman–Crippen LogP) is 15.3. The van der Waals surface area contributed by atoms with E-state index in [1.54, 1.807) is 0 Å². The zero-order valence-corrected chi connectivity index (χ0v) is 30.2. The summed E-state index contributed by atoms with van der Waals surface area (Å²) in [6, 6.07) is 0. The smallest absolute Gasteiger partial charge is 0.0383 e. The molecule has 0 unspecified atom stereocenters.